The molecule has 0 unspecified atom stereocenters. The Morgan fingerprint density at radius 3 is 2.78 bits per heavy atom. The van der Waals surface area contributed by atoms with Gasteiger partial charge in [-0.1, -0.05) is 17.7 Å². The van der Waals surface area contributed by atoms with Crippen molar-refractivity contribution in [3.05, 3.63) is 59.2 Å². The smallest absolute Gasteiger partial charge is 0.253 e. The lowest BCUT2D eigenvalue weighted by atomic mass is 10.1. The van der Waals surface area contributed by atoms with Gasteiger partial charge in [0.15, 0.2) is 0 Å². The minimum absolute atomic E-state index is 0.0345. The van der Waals surface area contributed by atoms with E-state index in [9.17, 15) is 4.79 Å². The molecule has 0 saturated carbocycles. The second-order valence-corrected chi connectivity index (χ2v) is 5.94. The minimum Gasteiger partial charge on any atom is -0.492 e. The molecule has 3 rings (SSSR count). The number of benzene rings is 2. The van der Waals surface area contributed by atoms with Gasteiger partial charge in [-0.2, -0.15) is 0 Å². The molecule has 1 aliphatic rings. The average Bonchev–Trinajstić information content (AvgIpc) is 3.03. The third-order valence-corrected chi connectivity index (χ3v) is 4.13. The van der Waals surface area contributed by atoms with Crippen LogP contribution in [0.15, 0.2) is 42.5 Å². The highest BCUT2D eigenvalue weighted by Gasteiger charge is 2.16. The molecule has 2 aromatic carbocycles. The molecule has 1 heterocycles. The lowest BCUT2D eigenvalue weighted by Crippen LogP contribution is -2.30. The van der Waals surface area contributed by atoms with Crippen LogP contribution in [0.3, 0.4) is 0 Å². The molecule has 0 spiro atoms. The summed E-state index contributed by atoms with van der Waals surface area (Å²) >= 11 is 0. The van der Waals surface area contributed by atoms with Gasteiger partial charge in [0.2, 0.25) is 0 Å². The van der Waals surface area contributed by atoms with Crippen LogP contribution in [0.4, 0.5) is 5.69 Å². The summed E-state index contributed by atoms with van der Waals surface area (Å²) < 4.78 is 5.69. The maximum Gasteiger partial charge on any atom is 0.253 e. The summed E-state index contributed by atoms with van der Waals surface area (Å²) in [6.07, 6.45) is 0.983. The summed E-state index contributed by atoms with van der Waals surface area (Å²) in [4.78, 5) is 14.2. The van der Waals surface area contributed by atoms with Crippen molar-refractivity contribution in [1.82, 2.24) is 4.90 Å². The highest BCUT2D eigenvalue weighted by Crippen LogP contribution is 2.23. The maximum atomic E-state index is 12.5. The summed E-state index contributed by atoms with van der Waals surface area (Å²) in [6, 6.07) is 13.8. The van der Waals surface area contributed by atoms with Gasteiger partial charge in [0.25, 0.3) is 5.91 Å². The topological polar surface area (TPSA) is 41.6 Å². The molecule has 4 nitrogen and oxygen atoms in total. The molecular formula is C19H22N2O2. The molecule has 0 saturated heterocycles. The van der Waals surface area contributed by atoms with E-state index in [0.29, 0.717) is 13.2 Å². The lowest BCUT2D eigenvalue weighted by molar-refractivity contribution is 0.0773. The van der Waals surface area contributed by atoms with Crippen LogP contribution in [0.1, 0.15) is 21.5 Å². The Hall–Kier alpha value is -2.49. The summed E-state index contributed by atoms with van der Waals surface area (Å²) in [6.45, 7) is 4.04. The van der Waals surface area contributed by atoms with Crippen LogP contribution >= 0.6 is 0 Å². The molecule has 2 aromatic rings. The van der Waals surface area contributed by atoms with Crippen molar-refractivity contribution in [3.63, 3.8) is 0 Å². The molecule has 4 heteroatoms. The number of rotatable bonds is 5. The zero-order valence-electron chi connectivity index (χ0n) is 13.6. The number of nitrogens with zero attached hydrogens (tertiary/aromatic N) is 1. The molecule has 0 aliphatic carbocycles. The predicted molar refractivity (Wildman–Crippen MR) is 92.3 cm³/mol. The van der Waals surface area contributed by atoms with Crippen molar-refractivity contribution in [2.75, 3.05) is 32.1 Å². The number of aryl methyl sites for hydroxylation is 1. The second kappa shape index (κ2) is 6.73. The first-order valence-corrected chi connectivity index (χ1v) is 7.95. The highest BCUT2D eigenvalue weighted by atomic mass is 16.5. The fourth-order valence-electron chi connectivity index (χ4n) is 2.69. The Balaban J connectivity index is 1.54. The van der Waals surface area contributed by atoms with E-state index in [4.69, 9.17) is 4.74 Å². The average molecular weight is 310 g/mol. The van der Waals surface area contributed by atoms with Crippen molar-refractivity contribution in [3.8, 4) is 5.75 Å². The van der Waals surface area contributed by atoms with Crippen LogP contribution in [0, 0.1) is 6.92 Å². The molecule has 1 amide bonds. The summed E-state index contributed by atoms with van der Waals surface area (Å²) in [7, 11) is 1.81. The number of nitrogens with one attached hydrogen (secondary N) is 1. The van der Waals surface area contributed by atoms with E-state index in [1.54, 1.807) is 4.90 Å². The molecular weight excluding hydrogens is 288 g/mol. The van der Waals surface area contributed by atoms with Gasteiger partial charge in [-0.25, -0.2) is 0 Å². The SMILES string of the molecule is Cc1ccc(OCCN(C)C(=O)c2ccc3c(c2)CCN3)cc1. The van der Waals surface area contributed by atoms with Gasteiger partial charge in [-0.3, -0.25) is 4.79 Å². The van der Waals surface area contributed by atoms with Crippen molar-refractivity contribution in [1.29, 1.82) is 0 Å². The maximum absolute atomic E-state index is 12.5. The number of carbonyl (C=O) groups excluding carboxylic acids is 1. The molecule has 0 radical (unpaired) electrons. The molecule has 0 bridgehead atoms. The quantitative estimate of drug-likeness (QED) is 0.922. The molecule has 1 N–H and O–H groups in total. The Morgan fingerprint density at radius 2 is 2.00 bits per heavy atom. The van der Waals surface area contributed by atoms with Crippen LogP contribution in [-0.2, 0) is 6.42 Å². The van der Waals surface area contributed by atoms with Gasteiger partial charge in [0.1, 0.15) is 12.4 Å². The molecule has 0 atom stereocenters. The fraction of sp³-hybridized carbons (Fsp3) is 0.316. The van der Waals surface area contributed by atoms with Crippen LogP contribution in [-0.4, -0.2) is 37.6 Å². The first-order valence-electron chi connectivity index (χ1n) is 7.95. The van der Waals surface area contributed by atoms with Gasteiger partial charge in [0, 0.05) is 24.8 Å². The third-order valence-electron chi connectivity index (χ3n) is 4.13. The lowest BCUT2D eigenvalue weighted by Gasteiger charge is -2.18. The molecule has 0 fully saturated rings. The summed E-state index contributed by atoms with van der Waals surface area (Å²) in [5, 5.41) is 3.31. The van der Waals surface area contributed by atoms with Gasteiger partial charge >= 0.3 is 0 Å². The number of hydrogen-bond acceptors (Lipinski definition) is 3. The molecule has 23 heavy (non-hydrogen) atoms. The van der Waals surface area contributed by atoms with Gasteiger partial charge in [0.05, 0.1) is 6.54 Å². The van der Waals surface area contributed by atoms with Gasteiger partial charge in [-0.05, 0) is 49.2 Å². The van der Waals surface area contributed by atoms with Crippen molar-refractivity contribution in [2.24, 2.45) is 0 Å². The van der Waals surface area contributed by atoms with E-state index in [1.807, 2.05) is 56.4 Å². The molecule has 120 valence electrons. The number of amides is 1. The standard InChI is InChI=1S/C19H22N2O2/c1-14-3-6-17(7-4-14)23-12-11-21(2)19(22)16-5-8-18-15(13-16)9-10-20-18/h3-8,13,20H,9-12H2,1-2H3. The van der Waals surface area contributed by atoms with E-state index in [0.717, 1.165) is 30.0 Å². The fourth-order valence-corrected chi connectivity index (χ4v) is 2.69. The Kier molecular flexibility index (Phi) is 4.51. The molecule has 1 aliphatic heterocycles. The number of anilines is 1. The van der Waals surface area contributed by atoms with E-state index in [1.165, 1.54) is 11.1 Å². The van der Waals surface area contributed by atoms with E-state index in [2.05, 4.69) is 5.32 Å². The number of ether oxygens (including phenoxy) is 1. The minimum atomic E-state index is 0.0345. The van der Waals surface area contributed by atoms with Crippen LogP contribution in [0.25, 0.3) is 0 Å². The monoisotopic (exact) mass is 310 g/mol. The first kappa shape index (κ1) is 15.4. The third kappa shape index (κ3) is 3.65. The summed E-state index contributed by atoms with van der Waals surface area (Å²) in [5.41, 5.74) is 4.31. The van der Waals surface area contributed by atoms with Crippen molar-refractivity contribution < 1.29 is 9.53 Å². The Labute approximate surface area is 137 Å². The number of carbonyl (C=O) groups is 1. The molecule has 0 aromatic heterocycles. The Morgan fingerprint density at radius 1 is 1.22 bits per heavy atom. The predicted octanol–water partition coefficient (Wildman–Crippen LogP) is 3.11. The van der Waals surface area contributed by atoms with E-state index < -0.39 is 0 Å². The van der Waals surface area contributed by atoms with Gasteiger partial charge in [-0.15, -0.1) is 0 Å². The zero-order valence-corrected chi connectivity index (χ0v) is 13.6. The van der Waals surface area contributed by atoms with Gasteiger partial charge < -0.3 is 15.0 Å². The van der Waals surface area contributed by atoms with Crippen molar-refractivity contribution in [2.45, 2.75) is 13.3 Å². The Bertz CT molecular complexity index is 695. The normalized spacial score (nSPS) is 12.4. The van der Waals surface area contributed by atoms with Crippen LogP contribution in [0.5, 0.6) is 5.75 Å². The highest BCUT2D eigenvalue weighted by molar-refractivity contribution is 5.94. The van der Waals surface area contributed by atoms with Crippen LogP contribution in [0.2, 0.25) is 0 Å². The number of likely N-dealkylation sites (N-methyl/N-ethyl adjacent to an activating group) is 1. The zero-order chi connectivity index (χ0) is 16.2. The van der Waals surface area contributed by atoms with E-state index in [-0.39, 0.29) is 5.91 Å². The number of fused-ring (bicyclic) bond motifs is 1. The second-order valence-electron chi connectivity index (χ2n) is 5.94. The largest absolute Gasteiger partial charge is 0.492 e. The van der Waals surface area contributed by atoms with Crippen LogP contribution < -0.4 is 10.1 Å². The number of hydrogen-bond donors (Lipinski definition) is 1. The summed E-state index contributed by atoms with van der Waals surface area (Å²) in [5.74, 6) is 0.868. The van der Waals surface area contributed by atoms with E-state index >= 15 is 0 Å². The van der Waals surface area contributed by atoms with Crippen molar-refractivity contribution >= 4 is 11.6 Å². The first-order chi connectivity index (χ1) is 11.1.